The van der Waals surface area contributed by atoms with E-state index in [0.29, 0.717) is 12.6 Å². The van der Waals surface area contributed by atoms with Gasteiger partial charge in [-0.05, 0) is 32.0 Å². The van der Waals surface area contributed by atoms with Gasteiger partial charge in [-0.15, -0.1) is 12.4 Å². The molecule has 0 aliphatic carbocycles. The van der Waals surface area contributed by atoms with Crippen molar-refractivity contribution >= 4 is 24.0 Å². The van der Waals surface area contributed by atoms with Gasteiger partial charge in [0.05, 0.1) is 6.54 Å². The minimum Gasteiger partial charge on any atom is -0.325 e. The third kappa shape index (κ3) is 5.19. The lowest BCUT2D eigenvalue weighted by Gasteiger charge is -2.31. The summed E-state index contributed by atoms with van der Waals surface area (Å²) in [4.78, 5) is 14.1. The van der Waals surface area contributed by atoms with Gasteiger partial charge in [0.15, 0.2) is 0 Å². The Morgan fingerprint density at radius 3 is 2.47 bits per heavy atom. The maximum atomic E-state index is 11.9. The Bertz CT molecular complexity index is 378. The molecule has 1 aliphatic heterocycles. The van der Waals surface area contributed by atoms with E-state index in [-0.39, 0.29) is 18.3 Å². The van der Waals surface area contributed by atoms with Crippen molar-refractivity contribution in [2.24, 2.45) is 0 Å². The fourth-order valence-electron chi connectivity index (χ4n) is 2.30. The number of halogens is 1. The van der Waals surface area contributed by atoms with Gasteiger partial charge in [0.2, 0.25) is 5.91 Å². The fraction of sp³-hybridized carbons (Fsp3) is 0.500. The monoisotopic (exact) mass is 283 g/mol. The molecule has 5 heteroatoms. The first-order chi connectivity index (χ1) is 8.78. The first-order valence-corrected chi connectivity index (χ1v) is 6.52. The SMILES string of the molecule is CNC1CCN(CC(=O)Nc2ccccc2)CC1.Cl. The van der Waals surface area contributed by atoms with E-state index in [0.717, 1.165) is 31.6 Å². The number of carbonyl (C=O) groups excluding carboxylic acids is 1. The lowest BCUT2D eigenvalue weighted by atomic mass is 10.1. The van der Waals surface area contributed by atoms with Gasteiger partial charge in [-0.3, -0.25) is 9.69 Å². The van der Waals surface area contributed by atoms with Gasteiger partial charge in [-0.2, -0.15) is 0 Å². The number of hydrogen-bond donors (Lipinski definition) is 2. The van der Waals surface area contributed by atoms with Crippen LogP contribution in [-0.4, -0.2) is 43.5 Å². The predicted octanol–water partition coefficient (Wildman–Crippen LogP) is 1.73. The molecule has 0 radical (unpaired) electrons. The van der Waals surface area contributed by atoms with Gasteiger partial charge in [-0.25, -0.2) is 0 Å². The molecule has 1 heterocycles. The van der Waals surface area contributed by atoms with Crippen molar-refractivity contribution < 1.29 is 4.79 Å². The number of nitrogens with zero attached hydrogens (tertiary/aromatic N) is 1. The minimum absolute atomic E-state index is 0. The Hall–Kier alpha value is -1.10. The second-order valence-corrected chi connectivity index (χ2v) is 4.75. The second kappa shape index (κ2) is 8.15. The molecule has 19 heavy (non-hydrogen) atoms. The average molecular weight is 284 g/mol. The molecule has 4 nitrogen and oxygen atoms in total. The Kier molecular flexibility index (Phi) is 6.84. The molecule has 0 unspecified atom stereocenters. The lowest BCUT2D eigenvalue weighted by Crippen LogP contribution is -2.44. The number of anilines is 1. The molecule has 1 aliphatic rings. The van der Waals surface area contributed by atoms with Crippen molar-refractivity contribution in [1.82, 2.24) is 10.2 Å². The van der Waals surface area contributed by atoms with E-state index in [4.69, 9.17) is 0 Å². The first-order valence-electron chi connectivity index (χ1n) is 6.52. The smallest absolute Gasteiger partial charge is 0.238 e. The van der Waals surface area contributed by atoms with E-state index in [1.807, 2.05) is 37.4 Å². The van der Waals surface area contributed by atoms with Crippen LogP contribution in [0.1, 0.15) is 12.8 Å². The Balaban J connectivity index is 0.00000180. The zero-order valence-electron chi connectivity index (χ0n) is 11.3. The van der Waals surface area contributed by atoms with Crippen LogP contribution in [0.4, 0.5) is 5.69 Å². The highest BCUT2D eigenvalue weighted by Gasteiger charge is 2.19. The molecular weight excluding hydrogens is 262 g/mol. The summed E-state index contributed by atoms with van der Waals surface area (Å²) in [5.41, 5.74) is 0.868. The summed E-state index contributed by atoms with van der Waals surface area (Å²) >= 11 is 0. The fourth-order valence-corrected chi connectivity index (χ4v) is 2.30. The Morgan fingerprint density at radius 1 is 1.26 bits per heavy atom. The Labute approximate surface area is 121 Å². The van der Waals surface area contributed by atoms with Crippen molar-refractivity contribution in [2.45, 2.75) is 18.9 Å². The van der Waals surface area contributed by atoms with Crippen LogP contribution >= 0.6 is 12.4 Å². The highest BCUT2D eigenvalue weighted by molar-refractivity contribution is 5.92. The van der Waals surface area contributed by atoms with E-state index in [1.54, 1.807) is 0 Å². The molecule has 0 spiro atoms. The predicted molar refractivity (Wildman–Crippen MR) is 80.8 cm³/mol. The molecule has 0 atom stereocenters. The van der Waals surface area contributed by atoms with Crippen molar-refractivity contribution in [3.8, 4) is 0 Å². The number of rotatable bonds is 4. The van der Waals surface area contributed by atoms with Crippen LogP contribution in [-0.2, 0) is 4.79 Å². The maximum Gasteiger partial charge on any atom is 0.238 e. The van der Waals surface area contributed by atoms with Gasteiger partial charge < -0.3 is 10.6 Å². The summed E-state index contributed by atoms with van der Waals surface area (Å²) in [6, 6.07) is 10.2. The Morgan fingerprint density at radius 2 is 1.89 bits per heavy atom. The molecule has 2 N–H and O–H groups in total. The number of para-hydroxylation sites is 1. The molecule has 2 rings (SSSR count). The molecule has 1 saturated heterocycles. The molecule has 1 amide bonds. The summed E-state index contributed by atoms with van der Waals surface area (Å²) in [7, 11) is 2.00. The number of benzene rings is 1. The topological polar surface area (TPSA) is 44.4 Å². The molecule has 0 aromatic heterocycles. The number of hydrogen-bond acceptors (Lipinski definition) is 3. The lowest BCUT2D eigenvalue weighted by molar-refractivity contribution is -0.117. The molecule has 1 aromatic carbocycles. The minimum atomic E-state index is 0. The third-order valence-corrected chi connectivity index (χ3v) is 3.42. The summed E-state index contributed by atoms with van der Waals surface area (Å²) in [5, 5.41) is 6.21. The summed E-state index contributed by atoms with van der Waals surface area (Å²) in [5.74, 6) is 0.0732. The number of carbonyl (C=O) groups is 1. The van der Waals surface area contributed by atoms with Crippen LogP contribution < -0.4 is 10.6 Å². The average Bonchev–Trinajstić information content (AvgIpc) is 2.40. The van der Waals surface area contributed by atoms with Crippen LogP contribution in [0, 0.1) is 0 Å². The van der Waals surface area contributed by atoms with E-state index < -0.39 is 0 Å². The molecule has 106 valence electrons. The van der Waals surface area contributed by atoms with Crippen molar-refractivity contribution in [3.05, 3.63) is 30.3 Å². The zero-order chi connectivity index (χ0) is 12.8. The summed E-state index contributed by atoms with van der Waals surface area (Å²) < 4.78 is 0. The first kappa shape index (κ1) is 16.0. The van der Waals surface area contributed by atoms with Gasteiger partial charge in [0.25, 0.3) is 0 Å². The van der Waals surface area contributed by atoms with Gasteiger partial charge in [0.1, 0.15) is 0 Å². The number of piperidine rings is 1. The van der Waals surface area contributed by atoms with E-state index >= 15 is 0 Å². The van der Waals surface area contributed by atoms with Crippen LogP contribution in [0.15, 0.2) is 30.3 Å². The number of amides is 1. The van der Waals surface area contributed by atoms with Gasteiger partial charge in [-0.1, -0.05) is 18.2 Å². The van der Waals surface area contributed by atoms with Crippen molar-refractivity contribution in [1.29, 1.82) is 0 Å². The second-order valence-electron chi connectivity index (χ2n) is 4.75. The number of likely N-dealkylation sites (tertiary alicyclic amines) is 1. The standard InChI is InChI=1S/C14H21N3O.ClH/c1-15-12-7-9-17(10-8-12)11-14(18)16-13-5-3-2-4-6-13;/h2-6,12,15H,7-11H2,1H3,(H,16,18);1H. The van der Waals surface area contributed by atoms with Crippen LogP contribution in [0.25, 0.3) is 0 Å². The molecule has 1 fully saturated rings. The van der Waals surface area contributed by atoms with E-state index in [2.05, 4.69) is 15.5 Å². The maximum absolute atomic E-state index is 11.9. The molecular formula is C14H22ClN3O. The third-order valence-electron chi connectivity index (χ3n) is 3.42. The highest BCUT2D eigenvalue weighted by Crippen LogP contribution is 2.10. The summed E-state index contributed by atoms with van der Waals surface area (Å²) in [6.45, 7) is 2.48. The molecule has 0 saturated carbocycles. The van der Waals surface area contributed by atoms with Crippen LogP contribution in [0.2, 0.25) is 0 Å². The van der Waals surface area contributed by atoms with Crippen molar-refractivity contribution in [3.63, 3.8) is 0 Å². The summed E-state index contributed by atoms with van der Waals surface area (Å²) in [6.07, 6.45) is 2.24. The molecule has 0 bridgehead atoms. The van der Waals surface area contributed by atoms with E-state index in [1.165, 1.54) is 0 Å². The normalized spacial score (nSPS) is 16.7. The largest absolute Gasteiger partial charge is 0.325 e. The quantitative estimate of drug-likeness (QED) is 0.885. The zero-order valence-corrected chi connectivity index (χ0v) is 12.1. The number of nitrogens with one attached hydrogen (secondary N) is 2. The van der Waals surface area contributed by atoms with E-state index in [9.17, 15) is 4.79 Å². The molecule has 1 aromatic rings. The van der Waals surface area contributed by atoms with Gasteiger partial charge >= 0.3 is 0 Å². The van der Waals surface area contributed by atoms with Crippen molar-refractivity contribution in [2.75, 3.05) is 32.0 Å². The highest BCUT2D eigenvalue weighted by atomic mass is 35.5. The van der Waals surface area contributed by atoms with Crippen LogP contribution in [0.5, 0.6) is 0 Å². The van der Waals surface area contributed by atoms with Gasteiger partial charge in [0, 0.05) is 24.8 Å². The van der Waals surface area contributed by atoms with Crippen LogP contribution in [0.3, 0.4) is 0 Å².